The Morgan fingerprint density at radius 1 is 1.39 bits per heavy atom. The Kier molecular flexibility index (Phi) is 3.48. The summed E-state index contributed by atoms with van der Waals surface area (Å²) in [6.07, 6.45) is 1.88. The van der Waals surface area contributed by atoms with Gasteiger partial charge in [0.15, 0.2) is 16.0 Å². The van der Waals surface area contributed by atoms with E-state index in [0.717, 1.165) is 0 Å². The molecule has 0 radical (unpaired) electrons. The number of anilines is 1. The highest BCUT2D eigenvalue weighted by molar-refractivity contribution is 7.92. The van der Waals surface area contributed by atoms with Crippen molar-refractivity contribution in [2.75, 3.05) is 4.72 Å². The molecule has 0 spiro atoms. The van der Waals surface area contributed by atoms with Crippen LogP contribution >= 0.6 is 11.6 Å². The summed E-state index contributed by atoms with van der Waals surface area (Å²) < 4.78 is 26.1. The predicted molar refractivity (Wildman–Crippen MR) is 65.8 cm³/mol. The molecule has 0 fully saturated rings. The molecule has 9 heteroatoms. The van der Waals surface area contributed by atoms with Gasteiger partial charge in [0.25, 0.3) is 10.0 Å². The maximum atomic E-state index is 11.9. The van der Waals surface area contributed by atoms with Crippen LogP contribution in [0.1, 0.15) is 12.7 Å². The Hall–Kier alpha value is -1.67. The van der Waals surface area contributed by atoms with Gasteiger partial charge in [-0.25, -0.2) is 4.98 Å². The lowest BCUT2D eigenvalue weighted by atomic mass is 10.5. The van der Waals surface area contributed by atoms with Gasteiger partial charge in [0.1, 0.15) is 5.82 Å². The number of hydrogen-bond donors (Lipinski definition) is 2. The summed E-state index contributed by atoms with van der Waals surface area (Å²) >= 11 is 5.56. The number of hydrogen-bond acceptors (Lipinski definition) is 5. The Morgan fingerprint density at radius 3 is 2.72 bits per heavy atom. The Labute approximate surface area is 109 Å². The quantitative estimate of drug-likeness (QED) is 0.880. The number of H-pyrrole nitrogens is 1. The van der Waals surface area contributed by atoms with E-state index in [1.54, 1.807) is 0 Å². The van der Waals surface area contributed by atoms with Crippen molar-refractivity contribution >= 4 is 27.4 Å². The molecule has 0 aliphatic rings. The van der Waals surface area contributed by atoms with Gasteiger partial charge in [-0.1, -0.05) is 18.5 Å². The molecule has 2 rings (SSSR count). The first-order valence-corrected chi connectivity index (χ1v) is 6.93. The van der Waals surface area contributed by atoms with Gasteiger partial charge in [-0.05, 0) is 12.1 Å². The Balaban J connectivity index is 2.24. The van der Waals surface area contributed by atoms with Crippen molar-refractivity contribution in [1.29, 1.82) is 0 Å². The van der Waals surface area contributed by atoms with Crippen LogP contribution in [0.15, 0.2) is 23.4 Å². The number of rotatable bonds is 4. The van der Waals surface area contributed by atoms with E-state index in [0.29, 0.717) is 12.2 Å². The molecule has 0 aromatic carbocycles. The summed E-state index contributed by atoms with van der Waals surface area (Å²) in [6, 6.07) is 2.86. The summed E-state index contributed by atoms with van der Waals surface area (Å²) in [5.41, 5.74) is 0. The summed E-state index contributed by atoms with van der Waals surface area (Å²) in [5.74, 6) is 0.685. The lowest BCUT2D eigenvalue weighted by Crippen LogP contribution is -2.14. The summed E-state index contributed by atoms with van der Waals surface area (Å²) in [4.78, 5) is 6.62. The largest absolute Gasteiger partial charge is 0.332 e. The molecule has 2 heterocycles. The van der Waals surface area contributed by atoms with Crippen LogP contribution in [0, 0.1) is 0 Å². The van der Waals surface area contributed by atoms with Crippen LogP contribution in [0.3, 0.4) is 0 Å². The van der Waals surface area contributed by atoms with E-state index in [9.17, 15) is 8.42 Å². The Morgan fingerprint density at radius 2 is 2.17 bits per heavy atom. The number of nitrogens with one attached hydrogen (secondary N) is 2. The van der Waals surface area contributed by atoms with Gasteiger partial charge in [-0.15, -0.1) is 10.2 Å². The number of sulfonamides is 1. The molecule has 96 valence electrons. The summed E-state index contributed by atoms with van der Waals surface area (Å²) in [5, 5.41) is 7.32. The van der Waals surface area contributed by atoms with Crippen LogP contribution in [-0.4, -0.2) is 28.6 Å². The monoisotopic (exact) mass is 287 g/mol. The molecule has 0 saturated heterocycles. The second-order valence-electron chi connectivity index (χ2n) is 3.39. The van der Waals surface area contributed by atoms with Gasteiger partial charge in [0, 0.05) is 6.42 Å². The summed E-state index contributed by atoms with van der Waals surface area (Å²) in [6.45, 7) is 1.87. The molecule has 0 aliphatic carbocycles. The lowest BCUT2D eigenvalue weighted by Gasteiger charge is -2.03. The van der Waals surface area contributed by atoms with Crippen LogP contribution < -0.4 is 4.72 Å². The fourth-order valence-electron chi connectivity index (χ4n) is 1.22. The van der Waals surface area contributed by atoms with Crippen molar-refractivity contribution in [1.82, 2.24) is 20.2 Å². The highest BCUT2D eigenvalue weighted by Crippen LogP contribution is 2.13. The molecule has 0 saturated carbocycles. The lowest BCUT2D eigenvalue weighted by molar-refractivity contribution is 0.597. The average molecular weight is 288 g/mol. The zero-order valence-electron chi connectivity index (χ0n) is 9.38. The van der Waals surface area contributed by atoms with Crippen LogP contribution in [-0.2, 0) is 16.4 Å². The minimum Gasteiger partial charge on any atom is -0.332 e. The first-order chi connectivity index (χ1) is 8.51. The fourth-order valence-corrected chi connectivity index (χ4v) is 2.26. The zero-order valence-corrected chi connectivity index (χ0v) is 11.0. The average Bonchev–Trinajstić information content (AvgIpc) is 2.81. The molecule has 0 bridgehead atoms. The summed E-state index contributed by atoms with van der Waals surface area (Å²) in [7, 11) is -3.73. The first kappa shape index (κ1) is 12.8. The van der Waals surface area contributed by atoms with E-state index >= 15 is 0 Å². The fraction of sp³-hybridized carbons (Fsp3) is 0.222. The third-order valence-electron chi connectivity index (χ3n) is 2.10. The number of aromatic amines is 1. The molecule has 18 heavy (non-hydrogen) atoms. The molecule has 0 amide bonds. The normalized spacial score (nSPS) is 11.4. The van der Waals surface area contributed by atoms with Crippen molar-refractivity contribution in [3.05, 3.63) is 29.3 Å². The van der Waals surface area contributed by atoms with Crippen LogP contribution in [0.2, 0.25) is 5.15 Å². The minimum absolute atomic E-state index is 0.0175. The van der Waals surface area contributed by atoms with Crippen molar-refractivity contribution in [2.24, 2.45) is 0 Å². The number of halogens is 1. The second kappa shape index (κ2) is 4.91. The highest BCUT2D eigenvalue weighted by Gasteiger charge is 2.17. The van der Waals surface area contributed by atoms with Gasteiger partial charge in [-0.2, -0.15) is 8.42 Å². The zero-order chi connectivity index (χ0) is 13.2. The molecule has 2 N–H and O–H groups in total. The van der Waals surface area contributed by atoms with Crippen LogP contribution in [0.5, 0.6) is 0 Å². The Bertz CT molecular complexity index is 637. The maximum Gasteiger partial charge on any atom is 0.280 e. The van der Waals surface area contributed by atoms with Crippen LogP contribution in [0.4, 0.5) is 5.82 Å². The maximum absolute atomic E-state index is 11.9. The molecular formula is C9H10ClN5O2S. The molecule has 0 aliphatic heterocycles. The van der Waals surface area contributed by atoms with Gasteiger partial charge in [0.05, 0.1) is 6.20 Å². The van der Waals surface area contributed by atoms with E-state index in [1.807, 2.05) is 6.92 Å². The van der Waals surface area contributed by atoms with E-state index in [1.165, 1.54) is 18.3 Å². The number of imidazole rings is 1. The van der Waals surface area contributed by atoms with E-state index in [2.05, 4.69) is 24.9 Å². The second-order valence-corrected chi connectivity index (χ2v) is 5.43. The number of nitrogens with zero attached hydrogens (tertiary/aromatic N) is 3. The highest BCUT2D eigenvalue weighted by atomic mass is 35.5. The molecule has 7 nitrogen and oxygen atoms in total. The molecular weight excluding hydrogens is 278 g/mol. The third-order valence-corrected chi connectivity index (χ3v) is 3.57. The molecule has 0 atom stereocenters. The molecule has 2 aromatic rings. The van der Waals surface area contributed by atoms with Crippen molar-refractivity contribution in [2.45, 2.75) is 18.4 Å². The topological polar surface area (TPSA) is 101 Å². The van der Waals surface area contributed by atoms with Crippen molar-refractivity contribution < 1.29 is 8.42 Å². The standard InChI is InChI=1S/C9H10ClN5O2S/c1-2-7-11-5-9(12-7)18(16,17)15-8-4-3-6(10)13-14-8/h3-5H,2H2,1H3,(H,11,12)(H,14,15). The van der Waals surface area contributed by atoms with Crippen molar-refractivity contribution in [3.63, 3.8) is 0 Å². The number of aromatic nitrogens is 4. The molecule has 0 unspecified atom stereocenters. The van der Waals surface area contributed by atoms with E-state index in [4.69, 9.17) is 11.6 Å². The SMILES string of the molecule is CCc1ncc(S(=O)(=O)Nc2ccc(Cl)nn2)[nH]1. The smallest absolute Gasteiger partial charge is 0.280 e. The number of aryl methyl sites for hydroxylation is 1. The van der Waals surface area contributed by atoms with Gasteiger partial charge in [0.2, 0.25) is 0 Å². The third kappa shape index (κ3) is 2.77. The molecule has 2 aromatic heterocycles. The van der Waals surface area contributed by atoms with E-state index in [-0.39, 0.29) is 16.0 Å². The van der Waals surface area contributed by atoms with Crippen molar-refractivity contribution in [3.8, 4) is 0 Å². The van der Waals surface area contributed by atoms with Crippen LogP contribution in [0.25, 0.3) is 0 Å². The minimum atomic E-state index is -3.73. The van der Waals surface area contributed by atoms with Gasteiger partial charge < -0.3 is 4.98 Å². The van der Waals surface area contributed by atoms with E-state index < -0.39 is 10.0 Å². The van der Waals surface area contributed by atoms with Gasteiger partial charge >= 0.3 is 0 Å². The predicted octanol–water partition coefficient (Wildman–Crippen LogP) is 1.22. The van der Waals surface area contributed by atoms with Gasteiger partial charge in [-0.3, -0.25) is 4.72 Å². The first-order valence-electron chi connectivity index (χ1n) is 5.07.